The molecule has 31 heavy (non-hydrogen) atoms. The molecule has 4 rings (SSSR count). The van der Waals surface area contributed by atoms with Gasteiger partial charge in [0.05, 0.1) is 5.69 Å². The zero-order valence-corrected chi connectivity index (χ0v) is 18.2. The van der Waals surface area contributed by atoms with Crippen molar-refractivity contribution in [2.45, 2.75) is 32.1 Å². The number of nitrogens with one attached hydrogen (secondary N) is 1. The van der Waals surface area contributed by atoms with Crippen LogP contribution in [-0.2, 0) is 10.2 Å². The molecular formula is C23H30N4O4. The number of carbonyl (C=O) groups is 2. The van der Waals surface area contributed by atoms with Crippen LogP contribution in [0.1, 0.15) is 40.2 Å². The Bertz CT molecular complexity index is 927. The van der Waals surface area contributed by atoms with Gasteiger partial charge in [-0.05, 0) is 37.8 Å². The summed E-state index contributed by atoms with van der Waals surface area (Å²) in [5.41, 5.74) is 3.10. The molecule has 0 atom stereocenters. The molecule has 8 heteroatoms. The number of hydrogen-bond acceptors (Lipinski definition) is 5. The van der Waals surface area contributed by atoms with Gasteiger partial charge in [0.25, 0.3) is 5.91 Å². The molecule has 0 aliphatic carbocycles. The number of aryl methyl sites for hydroxylation is 2. The number of urea groups is 1. The van der Waals surface area contributed by atoms with Crippen molar-refractivity contribution in [3.63, 3.8) is 0 Å². The molecule has 0 spiro atoms. The molecule has 2 aromatic rings. The molecule has 166 valence electrons. The highest BCUT2D eigenvalue weighted by molar-refractivity contribution is 5.91. The van der Waals surface area contributed by atoms with Crippen LogP contribution in [0.3, 0.4) is 0 Å². The number of aromatic nitrogens is 1. The average molecular weight is 427 g/mol. The summed E-state index contributed by atoms with van der Waals surface area (Å²) in [6, 6.07) is 9.96. The minimum absolute atomic E-state index is 0.0814. The van der Waals surface area contributed by atoms with Gasteiger partial charge in [0, 0.05) is 57.4 Å². The van der Waals surface area contributed by atoms with Crippen LogP contribution in [0.5, 0.6) is 0 Å². The molecule has 0 unspecified atom stereocenters. The summed E-state index contributed by atoms with van der Waals surface area (Å²) in [5.74, 6) is 0.0662. The van der Waals surface area contributed by atoms with E-state index in [2.05, 4.69) is 35.6 Å². The van der Waals surface area contributed by atoms with Gasteiger partial charge in [0.15, 0.2) is 0 Å². The number of carbonyl (C=O) groups excluding carboxylic acids is 2. The van der Waals surface area contributed by atoms with E-state index >= 15 is 0 Å². The Hall–Kier alpha value is -2.87. The first kappa shape index (κ1) is 21.4. The molecule has 2 fully saturated rings. The number of rotatable bonds is 4. The highest BCUT2D eigenvalue weighted by atomic mass is 16.5. The fourth-order valence-corrected chi connectivity index (χ4v) is 4.56. The molecule has 1 aromatic heterocycles. The summed E-state index contributed by atoms with van der Waals surface area (Å²) in [5, 5.41) is 6.94. The van der Waals surface area contributed by atoms with Crippen molar-refractivity contribution in [3.8, 4) is 0 Å². The van der Waals surface area contributed by atoms with Crippen LogP contribution in [0, 0.1) is 13.8 Å². The third-order valence-electron chi connectivity index (χ3n) is 6.44. The quantitative estimate of drug-likeness (QED) is 0.812. The molecule has 2 aliphatic rings. The van der Waals surface area contributed by atoms with Gasteiger partial charge in [0.1, 0.15) is 0 Å². The van der Waals surface area contributed by atoms with Gasteiger partial charge >= 0.3 is 6.03 Å². The standard InChI is InChI=1S/C23H30N4O4/c1-17-5-3-4-6-19(17)23(7-13-30-14-8-23)16-24-22(29)27-11-9-26(10-12-27)21(28)20-15-18(2)25-31-20/h3-6,15H,7-14,16H2,1-2H3,(H,24,29). The first-order valence-corrected chi connectivity index (χ1v) is 10.9. The lowest BCUT2D eigenvalue weighted by Gasteiger charge is -2.40. The van der Waals surface area contributed by atoms with E-state index in [0.717, 1.165) is 12.8 Å². The third kappa shape index (κ3) is 4.58. The summed E-state index contributed by atoms with van der Waals surface area (Å²) in [6.07, 6.45) is 1.77. The fraction of sp³-hybridized carbons (Fsp3) is 0.522. The molecule has 0 bridgehead atoms. The summed E-state index contributed by atoms with van der Waals surface area (Å²) in [4.78, 5) is 28.9. The van der Waals surface area contributed by atoms with Gasteiger partial charge in [-0.15, -0.1) is 0 Å². The van der Waals surface area contributed by atoms with Gasteiger partial charge in [-0.3, -0.25) is 4.79 Å². The molecular weight excluding hydrogens is 396 g/mol. The van der Waals surface area contributed by atoms with Gasteiger partial charge in [-0.1, -0.05) is 29.4 Å². The Morgan fingerprint density at radius 1 is 1.06 bits per heavy atom. The Morgan fingerprint density at radius 2 is 1.74 bits per heavy atom. The second-order valence-corrected chi connectivity index (χ2v) is 8.48. The number of hydrogen-bond donors (Lipinski definition) is 1. The minimum atomic E-state index is -0.179. The Morgan fingerprint density at radius 3 is 2.39 bits per heavy atom. The first-order chi connectivity index (χ1) is 15.0. The van der Waals surface area contributed by atoms with E-state index in [4.69, 9.17) is 9.26 Å². The van der Waals surface area contributed by atoms with Gasteiger partial charge in [0.2, 0.25) is 5.76 Å². The normalized spacial score (nSPS) is 18.6. The number of amides is 3. The van der Waals surface area contributed by atoms with Crippen molar-refractivity contribution in [3.05, 3.63) is 52.9 Å². The third-order valence-corrected chi connectivity index (χ3v) is 6.44. The van der Waals surface area contributed by atoms with Crippen molar-refractivity contribution in [1.82, 2.24) is 20.3 Å². The highest BCUT2D eigenvalue weighted by Gasteiger charge is 2.36. The summed E-state index contributed by atoms with van der Waals surface area (Å²) >= 11 is 0. The second kappa shape index (κ2) is 9.09. The highest BCUT2D eigenvalue weighted by Crippen LogP contribution is 2.36. The second-order valence-electron chi connectivity index (χ2n) is 8.48. The van der Waals surface area contributed by atoms with E-state index < -0.39 is 0 Å². The SMILES string of the molecule is Cc1cc(C(=O)N2CCN(C(=O)NCC3(c4ccccc4C)CCOCC3)CC2)on1. The van der Waals surface area contributed by atoms with Crippen LogP contribution in [0.4, 0.5) is 4.79 Å². The van der Waals surface area contributed by atoms with Crippen molar-refractivity contribution >= 4 is 11.9 Å². The average Bonchev–Trinajstić information content (AvgIpc) is 3.24. The molecule has 3 heterocycles. The molecule has 2 saturated heterocycles. The molecule has 2 aliphatic heterocycles. The maximum absolute atomic E-state index is 12.9. The van der Waals surface area contributed by atoms with Crippen molar-refractivity contribution in [2.24, 2.45) is 0 Å². The lowest BCUT2D eigenvalue weighted by atomic mass is 9.72. The first-order valence-electron chi connectivity index (χ1n) is 10.9. The number of piperazine rings is 1. The van der Waals surface area contributed by atoms with Crippen molar-refractivity contribution in [1.29, 1.82) is 0 Å². The topological polar surface area (TPSA) is 87.9 Å². The van der Waals surface area contributed by atoms with E-state index in [1.54, 1.807) is 22.8 Å². The molecule has 3 amide bonds. The Kier molecular flexibility index (Phi) is 6.27. The predicted octanol–water partition coefficient (Wildman–Crippen LogP) is 2.51. The monoisotopic (exact) mass is 426 g/mol. The van der Waals surface area contributed by atoms with Crippen LogP contribution in [0.2, 0.25) is 0 Å². The summed E-state index contributed by atoms with van der Waals surface area (Å²) in [6.45, 7) is 7.82. The predicted molar refractivity (Wildman–Crippen MR) is 115 cm³/mol. The largest absolute Gasteiger partial charge is 0.381 e. The van der Waals surface area contributed by atoms with Gasteiger partial charge in [-0.2, -0.15) is 0 Å². The maximum atomic E-state index is 12.9. The zero-order chi connectivity index (χ0) is 21.8. The number of benzene rings is 1. The van der Waals surface area contributed by atoms with Crippen LogP contribution in [0.15, 0.2) is 34.9 Å². The van der Waals surface area contributed by atoms with E-state index in [-0.39, 0.29) is 23.1 Å². The molecule has 1 aromatic carbocycles. The lowest BCUT2D eigenvalue weighted by Crippen LogP contribution is -2.55. The molecule has 8 nitrogen and oxygen atoms in total. The van der Waals surface area contributed by atoms with E-state index in [9.17, 15) is 9.59 Å². The Labute approximate surface area is 182 Å². The lowest BCUT2D eigenvalue weighted by molar-refractivity contribution is 0.0491. The van der Waals surface area contributed by atoms with E-state index in [1.807, 2.05) is 6.07 Å². The van der Waals surface area contributed by atoms with Crippen LogP contribution in [-0.4, -0.2) is 72.8 Å². The smallest absolute Gasteiger partial charge is 0.317 e. The van der Waals surface area contributed by atoms with Crippen molar-refractivity contribution < 1.29 is 18.8 Å². The Balaban J connectivity index is 1.35. The van der Waals surface area contributed by atoms with Gasteiger partial charge < -0.3 is 24.4 Å². The van der Waals surface area contributed by atoms with E-state index in [1.165, 1.54) is 11.1 Å². The minimum Gasteiger partial charge on any atom is -0.381 e. The zero-order valence-electron chi connectivity index (χ0n) is 18.2. The molecule has 0 radical (unpaired) electrons. The molecule has 0 saturated carbocycles. The summed E-state index contributed by atoms with van der Waals surface area (Å²) < 4.78 is 10.7. The van der Waals surface area contributed by atoms with Crippen LogP contribution < -0.4 is 5.32 Å². The van der Waals surface area contributed by atoms with Crippen LogP contribution >= 0.6 is 0 Å². The molecule has 1 N–H and O–H groups in total. The summed E-state index contributed by atoms with van der Waals surface area (Å²) in [7, 11) is 0. The number of nitrogens with zero attached hydrogens (tertiary/aromatic N) is 3. The van der Waals surface area contributed by atoms with E-state index in [0.29, 0.717) is 51.6 Å². The maximum Gasteiger partial charge on any atom is 0.317 e. The number of ether oxygens (including phenoxy) is 1. The van der Waals surface area contributed by atoms with Gasteiger partial charge in [-0.25, -0.2) is 4.79 Å². The fourth-order valence-electron chi connectivity index (χ4n) is 4.56. The van der Waals surface area contributed by atoms with Crippen LogP contribution in [0.25, 0.3) is 0 Å². The van der Waals surface area contributed by atoms with Crippen molar-refractivity contribution in [2.75, 3.05) is 45.9 Å².